The van der Waals surface area contributed by atoms with Crippen molar-refractivity contribution in [3.8, 4) is 11.4 Å². The highest BCUT2D eigenvalue weighted by Crippen LogP contribution is 2.36. The van der Waals surface area contributed by atoms with Gasteiger partial charge in [-0.2, -0.15) is 23.3 Å². The fraction of sp³-hybridized carbons (Fsp3) is 0.435. The van der Waals surface area contributed by atoms with Gasteiger partial charge in [0.15, 0.2) is 0 Å². The Bertz CT molecular complexity index is 1160. The summed E-state index contributed by atoms with van der Waals surface area (Å²) in [5, 5.41) is 11.9. The van der Waals surface area contributed by atoms with Gasteiger partial charge in [-0.1, -0.05) is 41.9 Å². The van der Waals surface area contributed by atoms with Crippen LogP contribution in [0.3, 0.4) is 0 Å². The van der Waals surface area contributed by atoms with Gasteiger partial charge in [-0.3, -0.25) is 0 Å². The van der Waals surface area contributed by atoms with Crippen LogP contribution in [0.15, 0.2) is 34.4 Å². The molecule has 0 spiro atoms. The lowest BCUT2D eigenvalue weighted by Crippen LogP contribution is -2.34. The molecule has 5 rings (SSSR count). The normalized spacial score (nSPS) is 20.6. The number of aromatic nitrogens is 4. The summed E-state index contributed by atoms with van der Waals surface area (Å²) in [6.45, 7) is 5.10. The first-order chi connectivity index (χ1) is 15.3. The molecule has 1 aliphatic heterocycles. The zero-order valence-electron chi connectivity index (χ0n) is 17.9. The van der Waals surface area contributed by atoms with Crippen molar-refractivity contribution < 1.29 is 17.7 Å². The second-order valence-electron chi connectivity index (χ2n) is 8.77. The minimum atomic E-state index is -4.64. The third-order valence-electron chi connectivity index (χ3n) is 6.23. The highest BCUT2D eigenvalue weighted by molar-refractivity contribution is 5.54. The minimum Gasteiger partial charge on any atom is -0.329 e. The van der Waals surface area contributed by atoms with Crippen molar-refractivity contribution in [2.24, 2.45) is 0 Å². The second kappa shape index (κ2) is 7.88. The summed E-state index contributed by atoms with van der Waals surface area (Å²) in [5.41, 5.74) is 6.84. The van der Waals surface area contributed by atoms with Crippen LogP contribution in [0, 0.1) is 0 Å². The molecule has 0 saturated carbocycles. The Labute approximate surface area is 183 Å². The molecule has 0 amide bonds. The maximum absolute atomic E-state index is 12.6. The molecule has 32 heavy (non-hydrogen) atoms. The van der Waals surface area contributed by atoms with Crippen LogP contribution in [-0.2, 0) is 25.6 Å². The summed E-state index contributed by atoms with van der Waals surface area (Å²) in [6.07, 6.45) is 1.54. The fourth-order valence-corrected chi connectivity index (χ4v) is 4.74. The van der Waals surface area contributed by atoms with E-state index in [-0.39, 0.29) is 5.82 Å². The van der Waals surface area contributed by atoms with Crippen molar-refractivity contribution in [3.63, 3.8) is 0 Å². The van der Waals surface area contributed by atoms with Gasteiger partial charge in [0.2, 0.25) is 5.82 Å². The highest BCUT2D eigenvalue weighted by Gasteiger charge is 2.38. The van der Waals surface area contributed by atoms with E-state index in [9.17, 15) is 13.2 Å². The monoisotopic (exact) mass is 443 g/mol. The van der Waals surface area contributed by atoms with Gasteiger partial charge in [0.05, 0.1) is 11.4 Å². The van der Waals surface area contributed by atoms with Gasteiger partial charge in [0, 0.05) is 30.3 Å². The van der Waals surface area contributed by atoms with E-state index in [0.717, 1.165) is 31.2 Å². The Balaban J connectivity index is 1.23. The van der Waals surface area contributed by atoms with Crippen molar-refractivity contribution in [3.05, 3.63) is 58.2 Å². The molecule has 2 unspecified atom stereocenters. The molecule has 0 radical (unpaired) electrons. The van der Waals surface area contributed by atoms with Gasteiger partial charge in [0.25, 0.3) is 0 Å². The largest absolute Gasteiger partial charge is 0.471 e. The number of nitrogens with zero attached hydrogens (tertiary/aromatic N) is 4. The Morgan fingerprint density at radius 1 is 1.19 bits per heavy atom. The lowest BCUT2D eigenvalue weighted by atomic mass is 9.86. The number of nitrogens with one attached hydrogen (secondary N) is 1. The first-order valence-corrected chi connectivity index (χ1v) is 10.8. The highest BCUT2D eigenvalue weighted by atomic mass is 19.4. The summed E-state index contributed by atoms with van der Waals surface area (Å²) in [5.74, 6) is -0.927. The predicted molar refractivity (Wildman–Crippen MR) is 113 cm³/mol. The maximum Gasteiger partial charge on any atom is 0.471 e. The number of aryl methyl sites for hydroxylation is 1. The van der Waals surface area contributed by atoms with Gasteiger partial charge in [-0.05, 0) is 43.7 Å². The molecule has 2 aromatic heterocycles. The van der Waals surface area contributed by atoms with Gasteiger partial charge >= 0.3 is 12.1 Å². The number of halogens is 3. The second-order valence-corrected chi connectivity index (χ2v) is 8.77. The summed E-state index contributed by atoms with van der Waals surface area (Å²) in [6, 6.07) is 7.54. The van der Waals surface area contributed by atoms with Crippen molar-refractivity contribution in [2.45, 2.75) is 64.2 Å². The average Bonchev–Trinajstić information content (AvgIpc) is 3.37. The van der Waals surface area contributed by atoms with Crippen LogP contribution in [-0.4, -0.2) is 26.0 Å². The first kappa shape index (κ1) is 20.9. The molecule has 3 aromatic rings. The number of rotatable bonds is 4. The number of hydrogen-bond acceptors (Lipinski definition) is 5. The molecule has 0 fully saturated rings. The van der Waals surface area contributed by atoms with E-state index in [1.165, 1.54) is 22.5 Å². The van der Waals surface area contributed by atoms with E-state index in [4.69, 9.17) is 5.10 Å². The van der Waals surface area contributed by atoms with E-state index in [1.807, 2.05) is 12.1 Å². The first-order valence-electron chi connectivity index (χ1n) is 10.8. The third kappa shape index (κ3) is 3.97. The molecule has 1 N–H and O–H groups in total. The molecule has 6 nitrogen and oxygen atoms in total. The number of benzene rings is 1. The SMILES string of the molecule is CC1=Cn2nc3c(c2C(C)C1)CC(NCc1ccc(-c2noc(C(F)(F)F)n2)cc1)CC3. The summed E-state index contributed by atoms with van der Waals surface area (Å²) >= 11 is 0. The summed E-state index contributed by atoms with van der Waals surface area (Å²) in [7, 11) is 0. The van der Waals surface area contributed by atoms with Crippen LogP contribution in [0.4, 0.5) is 13.2 Å². The fourth-order valence-electron chi connectivity index (χ4n) is 4.74. The van der Waals surface area contributed by atoms with Crippen LogP contribution >= 0.6 is 0 Å². The summed E-state index contributed by atoms with van der Waals surface area (Å²) < 4.78 is 44.3. The number of hydrogen-bond donors (Lipinski definition) is 1. The molecule has 168 valence electrons. The molecule has 9 heteroatoms. The van der Waals surface area contributed by atoms with E-state index >= 15 is 0 Å². The van der Waals surface area contributed by atoms with E-state index in [1.54, 1.807) is 12.1 Å². The van der Waals surface area contributed by atoms with E-state index in [0.29, 0.717) is 24.1 Å². The van der Waals surface area contributed by atoms with E-state index < -0.39 is 12.1 Å². The van der Waals surface area contributed by atoms with Gasteiger partial charge in [0.1, 0.15) is 0 Å². The number of fused-ring (bicyclic) bond motifs is 3. The smallest absolute Gasteiger partial charge is 0.329 e. The van der Waals surface area contributed by atoms with Crippen LogP contribution < -0.4 is 5.32 Å². The molecule has 3 heterocycles. The van der Waals surface area contributed by atoms with Crippen LogP contribution in [0.25, 0.3) is 17.6 Å². The molecule has 2 aliphatic rings. The van der Waals surface area contributed by atoms with Crippen molar-refractivity contribution in [1.82, 2.24) is 25.2 Å². The van der Waals surface area contributed by atoms with Crippen LogP contribution in [0.5, 0.6) is 0 Å². The lowest BCUT2D eigenvalue weighted by Gasteiger charge is -2.26. The lowest BCUT2D eigenvalue weighted by molar-refractivity contribution is -0.159. The molecule has 0 bridgehead atoms. The van der Waals surface area contributed by atoms with Gasteiger partial charge in [-0.25, -0.2) is 4.68 Å². The van der Waals surface area contributed by atoms with Crippen molar-refractivity contribution >= 4 is 6.20 Å². The molecular formula is C23H24F3N5O. The zero-order chi connectivity index (χ0) is 22.5. The van der Waals surface area contributed by atoms with Crippen molar-refractivity contribution in [2.75, 3.05) is 0 Å². The number of alkyl halides is 3. The standard InChI is InChI=1S/C23H24F3N5O/c1-13-9-14(2)20-18-10-17(7-8-19(18)29-31(20)12-13)27-11-15-3-5-16(6-4-15)21-28-22(32-30-21)23(24,25)26/h3-6,12,14,17,27H,7-11H2,1-2H3. The Kier molecular flexibility index (Phi) is 5.16. The molecule has 1 aliphatic carbocycles. The Morgan fingerprint density at radius 3 is 2.69 bits per heavy atom. The average molecular weight is 443 g/mol. The Hall–Kier alpha value is -2.94. The predicted octanol–water partition coefficient (Wildman–Crippen LogP) is 4.97. The molecule has 0 saturated heterocycles. The van der Waals surface area contributed by atoms with Crippen molar-refractivity contribution in [1.29, 1.82) is 0 Å². The topological polar surface area (TPSA) is 68.8 Å². The zero-order valence-corrected chi connectivity index (χ0v) is 17.9. The quantitative estimate of drug-likeness (QED) is 0.617. The minimum absolute atomic E-state index is 0.0685. The van der Waals surface area contributed by atoms with E-state index in [2.05, 4.69) is 44.7 Å². The van der Waals surface area contributed by atoms with Crippen LogP contribution in [0.2, 0.25) is 0 Å². The third-order valence-corrected chi connectivity index (χ3v) is 6.23. The summed E-state index contributed by atoms with van der Waals surface area (Å²) in [4.78, 5) is 3.43. The van der Waals surface area contributed by atoms with Gasteiger partial charge in [-0.15, -0.1) is 0 Å². The number of allylic oxidation sites excluding steroid dienone is 1. The van der Waals surface area contributed by atoms with Gasteiger partial charge < -0.3 is 9.84 Å². The van der Waals surface area contributed by atoms with Crippen LogP contribution in [0.1, 0.15) is 61.0 Å². The Morgan fingerprint density at radius 2 is 1.97 bits per heavy atom. The maximum atomic E-state index is 12.6. The molecule has 2 atom stereocenters. The molecule has 1 aromatic carbocycles. The molecular weight excluding hydrogens is 419 g/mol.